The van der Waals surface area contributed by atoms with Crippen LogP contribution in [0.1, 0.15) is 18.1 Å². The fraction of sp³-hybridized carbons (Fsp3) is 0.385. The lowest BCUT2D eigenvalue weighted by Gasteiger charge is -2.13. The Morgan fingerprint density at radius 2 is 1.86 bits per heavy atom. The van der Waals surface area contributed by atoms with Crippen LogP contribution in [0.25, 0.3) is 0 Å². The fourth-order valence-corrected chi connectivity index (χ4v) is 1.81. The number of halogens is 3. The third-order valence-electron chi connectivity index (χ3n) is 2.74. The van der Waals surface area contributed by atoms with Crippen LogP contribution in [0.15, 0.2) is 24.5 Å². The van der Waals surface area contributed by atoms with Gasteiger partial charge in [0.2, 0.25) is 0 Å². The first-order valence-electron chi connectivity index (χ1n) is 6.43. The molecule has 0 unspecified atom stereocenters. The van der Waals surface area contributed by atoms with Crippen molar-refractivity contribution in [2.24, 2.45) is 7.05 Å². The molecule has 0 spiro atoms. The first-order chi connectivity index (χ1) is 9.88. The van der Waals surface area contributed by atoms with Gasteiger partial charge in [-0.2, -0.15) is 18.3 Å². The highest BCUT2D eigenvalue weighted by atomic mass is 19.4. The van der Waals surface area contributed by atoms with Crippen molar-refractivity contribution >= 4 is 11.6 Å². The summed E-state index contributed by atoms with van der Waals surface area (Å²) in [4.78, 5) is 4.11. The Bertz CT molecular complexity index is 606. The van der Waals surface area contributed by atoms with Crippen LogP contribution in [0.4, 0.5) is 24.8 Å². The number of aryl methyl sites for hydroxylation is 1. The van der Waals surface area contributed by atoms with Crippen LogP contribution in [0.3, 0.4) is 0 Å². The van der Waals surface area contributed by atoms with Gasteiger partial charge in [-0.15, -0.1) is 0 Å². The highest BCUT2D eigenvalue weighted by molar-refractivity contribution is 5.50. The molecule has 0 radical (unpaired) electrons. The topological polar surface area (TPSA) is 54.8 Å². The highest BCUT2D eigenvalue weighted by Crippen LogP contribution is 2.32. The second kappa shape index (κ2) is 6.02. The predicted molar refractivity (Wildman–Crippen MR) is 73.9 cm³/mol. The Hall–Kier alpha value is -2.25. The quantitative estimate of drug-likeness (QED) is 0.891. The van der Waals surface area contributed by atoms with Gasteiger partial charge in [-0.05, 0) is 19.1 Å². The molecule has 0 bridgehead atoms. The lowest BCUT2D eigenvalue weighted by molar-refractivity contribution is -0.137. The van der Waals surface area contributed by atoms with Crippen LogP contribution >= 0.6 is 0 Å². The molecule has 5 nitrogen and oxygen atoms in total. The SMILES string of the molecule is CCNc1cc(C(F)(F)F)cc(NCc2cnn(C)c2)n1. The second-order valence-electron chi connectivity index (χ2n) is 4.53. The van der Waals surface area contributed by atoms with E-state index in [9.17, 15) is 13.2 Å². The van der Waals surface area contributed by atoms with Gasteiger partial charge in [0.1, 0.15) is 11.6 Å². The molecule has 2 rings (SSSR count). The number of aromatic nitrogens is 3. The zero-order valence-corrected chi connectivity index (χ0v) is 11.7. The van der Waals surface area contributed by atoms with E-state index in [4.69, 9.17) is 0 Å². The smallest absolute Gasteiger partial charge is 0.370 e. The number of hydrogen-bond acceptors (Lipinski definition) is 4. The first-order valence-corrected chi connectivity index (χ1v) is 6.43. The van der Waals surface area contributed by atoms with Crippen molar-refractivity contribution in [3.8, 4) is 0 Å². The van der Waals surface area contributed by atoms with Crippen molar-refractivity contribution in [1.29, 1.82) is 0 Å². The summed E-state index contributed by atoms with van der Waals surface area (Å²) >= 11 is 0. The van der Waals surface area contributed by atoms with Crippen molar-refractivity contribution < 1.29 is 13.2 Å². The molecule has 0 amide bonds. The summed E-state index contributed by atoms with van der Waals surface area (Å²) in [5, 5.41) is 9.67. The number of pyridine rings is 1. The minimum Gasteiger partial charge on any atom is -0.370 e. The second-order valence-corrected chi connectivity index (χ2v) is 4.53. The lowest BCUT2D eigenvalue weighted by Crippen LogP contribution is -2.10. The first kappa shape index (κ1) is 15.1. The molecule has 2 aromatic heterocycles. The van der Waals surface area contributed by atoms with Gasteiger partial charge in [0.25, 0.3) is 0 Å². The number of nitrogens with one attached hydrogen (secondary N) is 2. The average Bonchev–Trinajstić information content (AvgIpc) is 2.81. The maximum atomic E-state index is 12.9. The summed E-state index contributed by atoms with van der Waals surface area (Å²) < 4.78 is 40.2. The largest absolute Gasteiger partial charge is 0.416 e. The predicted octanol–water partition coefficient (Wildman–Crippen LogP) is 2.88. The number of rotatable bonds is 5. The summed E-state index contributed by atoms with van der Waals surface area (Å²) in [6.45, 7) is 2.65. The molecule has 2 aromatic rings. The molecule has 2 heterocycles. The van der Waals surface area contributed by atoms with Gasteiger partial charge in [-0.1, -0.05) is 0 Å². The summed E-state index contributed by atoms with van der Waals surface area (Å²) in [6, 6.07) is 2.00. The Morgan fingerprint density at radius 1 is 1.19 bits per heavy atom. The Kier molecular flexibility index (Phi) is 4.35. The molecule has 114 valence electrons. The molecule has 8 heteroatoms. The van der Waals surface area contributed by atoms with E-state index in [-0.39, 0.29) is 11.6 Å². The van der Waals surface area contributed by atoms with Crippen molar-refractivity contribution in [2.45, 2.75) is 19.6 Å². The molecule has 0 aromatic carbocycles. The number of nitrogens with zero attached hydrogens (tertiary/aromatic N) is 3. The maximum Gasteiger partial charge on any atom is 0.416 e. The molecule has 0 saturated heterocycles. The summed E-state index contributed by atoms with van der Waals surface area (Å²) in [5.41, 5.74) is 0.129. The van der Waals surface area contributed by atoms with Crippen LogP contribution < -0.4 is 10.6 Å². The van der Waals surface area contributed by atoms with Gasteiger partial charge < -0.3 is 10.6 Å². The van der Waals surface area contributed by atoms with E-state index in [1.807, 2.05) is 0 Å². The number of alkyl halides is 3. The third-order valence-corrected chi connectivity index (χ3v) is 2.74. The lowest BCUT2D eigenvalue weighted by atomic mass is 10.2. The van der Waals surface area contributed by atoms with Crippen LogP contribution in [0, 0.1) is 0 Å². The zero-order chi connectivity index (χ0) is 15.5. The van der Waals surface area contributed by atoms with Crippen molar-refractivity contribution in [2.75, 3.05) is 17.2 Å². The van der Waals surface area contributed by atoms with Gasteiger partial charge in [0.15, 0.2) is 0 Å². The van der Waals surface area contributed by atoms with E-state index in [0.717, 1.165) is 17.7 Å². The Morgan fingerprint density at radius 3 is 2.38 bits per heavy atom. The van der Waals surface area contributed by atoms with Crippen LogP contribution in [0.5, 0.6) is 0 Å². The molecule has 21 heavy (non-hydrogen) atoms. The monoisotopic (exact) mass is 299 g/mol. The fourth-order valence-electron chi connectivity index (χ4n) is 1.81. The average molecular weight is 299 g/mol. The number of anilines is 2. The minimum absolute atomic E-state index is 0.171. The van der Waals surface area contributed by atoms with Gasteiger partial charge in [-0.3, -0.25) is 4.68 Å². The molecular weight excluding hydrogens is 283 g/mol. The molecule has 0 aliphatic carbocycles. The number of hydrogen-bond donors (Lipinski definition) is 2. The van der Waals surface area contributed by atoms with Crippen molar-refractivity contribution in [3.63, 3.8) is 0 Å². The molecule has 0 aliphatic rings. The minimum atomic E-state index is -4.40. The summed E-state index contributed by atoms with van der Waals surface area (Å²) in [5.74, 6) is 0.366. The molecule has 2 N–H and O–H groups in total. The van der Waals surface area contributed by atoms with E-state index in [0.29, 0.717) is 13.1 Å². The van der Waals surface area contributed by atoms with Crippen molar-refractivity contribution in [1.82, 2.24) is 14.8 Å². The third kappa shape index (κ3) is 4.11. The van der Waals surface area contributed by atoms with Crippen molar-refractivity contribution in [3.05, 3.63) is 35.7 Å². The van der Waals surface area contributed by atoms with E-state index in [1.165, 1.54) is 0 Å². The van der Waals surface area contributed by atoms with E-state index < -0.39 is 11.7 Å². The maximum absolute atomic E-state index is 12.9. The molecule has 0 fully saturated rings. The Balaban J connectivity index is 2.19. The van der Waals surface area contributed by atoms with Gasteiger partial charge in [-0.25, -0.2) is 4.98 Å². The molecule has 0 aliphatic heterocycles. The van der Waals surface area contributed by atoms with E-state index in [1.54, 1.807) is 31.0 Å². The standard InChI is InChI=1S/C13H16F3N5/c1-3-17-11-4-10(13(14,15)16)5-12(20-11)18-6-9-7-19-21(2)8-9/h4-5,7-8H,3,6H2,1-2H3,(H2,17,18,20). The molecular formula is C13H16F3N5. The van der Waals surface area contributed by atoms with Gasteiger partial charge in [0, 0.05) is 31.9 Å². The Labute approximate surface area is 120 Å². The highest BCUT2D eigenvalue weighted by Gasteiger charge is 2.31. The van der Waals surface area contributed by atoms with Crippen LogP contribution in [-0.2, 0) is 19.8 Å². The van der Waals surface area contributed by atoms with Gasteiger partial charge in [0.05, 0.1) is 11.8 Å². The molecule has 0 saturated carbocycles. The van der Waals surface area contributed by atoms with Crippen LogP contribution in [-0.4, -0.2) is 21.3 Å². The van der Waals surface area contributed by atoms with E-state index in [2.05, 4.69) is 20.7 Å². The summed E-state index contributed by atoms with van der Waals surface area (Å²) in [6.07, 6.45) is -0.977. The molecule has 0 atom stereocenters. The van der Waals surface area contributed by atoms with E-state index >= 15 is 0 Å². The zero-order valence-electron chi connectivity index (χ0n) is 11.7. The van der Waals surface area contributed by atoms with Crippen LogP contribution in [0.2, 0.25) is 0 Å². The summed E-state index contributed by atoms with van der Waals surface area (Å²) in [7, 11) is 1.77. The van der Waals surface area contributed by atoms with Gasteiger partial charge >= 0.3 is 6.18 Å². The normalized spacial score (nSPS) is 11.5.